The fraction of sp³-hybridized carbons (Fsp3) is 0.500. The first-order chi connectivity index (χ1) is 12.8. The summed E-state index contributed by atoms with van der Waals surface area (Å²) in [6, 6.07) is 4.41. The van der Waals surface area contributed by atoms with E-state index < -0.39 is 17.5 Å². The number of aromatic nitrogens is 1. The van der Waals surface area contributed by atoms with Crippen molar-refractivity contribution >= 4 is 22.8 Å². The van der Waals surface area contributed by atoms with E-state index in [1.807, 2.05) is 13.8 Å². The highest BCUT2D eigenvalue weighted by Crippen LogP contribution is 2.37. The number of H-pyrrole nitrogens is 1. The molecule has 2 heterocycles. The van der Waals surface area contributed by atoms with Crippen LogP contribution in [0.2, 0.25) is 0 Å². The smallest absolute Gasteiger partial charge is 0.312 e. The van der Waals surface area contributed by atoms with Crippen molar-refractivity contribution < 1.29 is 24.2 Å². The lowest BCUT2D eigenvalue weighted by molar-refractivity contribution is -0.167. The zero-order valence-corrected chi connectivity index (χ0v) is 15.6. The number of aliphatic hydroxyl groups is 1. The molecule has 2 aromatic rings. The average Bonchev–Trinajstić information content (AvgIpc) is 2.91. The van der Waals surface area contributed by atoms with Gasteiger partial charge in [0.15, 0.2) is 0 Å². The lowest BCUT2D eigenvalue weighted by Crippen LogP contribution is -2.56. The lowest BCUT2D eigenvalue weighted by Gasteiger charge is -2.42. The predicted molar refractivity (Wildman–Crippen MR) is 98.9 cm³/mol. The Bertz CT molecular complexity index is 878. The number of carbonyl (C=O) groups is 2. The molecule has 1 aliphatic rings. The fourth-order valence-electron chi connectivity index (χ4n) is 4.14. The Hall–Kier alpha value is -2.41. The topological polar surface area (TPSA) is 93.6 Å². The first-order valence-electron chi connectivity index (χ1n) is 9.24. The summed E-state index contributed by atoms with van der Waals surface area (Å²) < 4.78 is 13.6. The van der Waals surface area contributed by atoms with Crippen LogP contribution >= 0.6 is 0 Å². The average molecular weight is 376 g/mol. The molecule has 3 N–H and O–H groups in total. The lowest BCUT2D eigenvalue weighted by atomic mass is 9.72. The number of aryl methyl sites for hydroxylation is 1. The van der Waals surface area contributed by atoms with Gasteiger partial charge in [-0.2, -0.15) is 0 Å². The molecule has 0 radical (unpaired) electrons. The van der Waals surface area contributed by atoms with Gasteiger partial charge in [-0.1, -0.05) is 13.3 Å². The Morgan fingerprint density at radius 2 is 2.15 bits per heavy atom. The molecule has 1 amide bonds. The van der Waals surface area contributed by atoms with Crippen LogP contribution in [-0.4, -0.2) is 51.2 Å². The van der Waals surface area contributed by atoms with E-state index in [1.54, 1.807) is 6.07 Å². The minimum atomic E-state index is -1.19. The van der Waals surface area contributed by atoms with Crippen LogP contribution in [0.1, 0.15) is 37.4 Å². The maximum Gasteiger partial charge on any atom is 0.312 e. The van der Waals surface area contributed by atoms with E-state index in [-0.39, 0.29) is 37.7 Å². The van der Waals surface area contributed by atoms with Crippen LogP contribution < -0.4 is 0 Å². The molecule has 1 saturated heterocycles. The molecule has 146 valence electrons. The third-order valence-corrected chi connectivity index (χ3v) is 5.74. The number of amides is 1. The second kappa shape index (κ2) is 7.31. The van der Waals surface area contributed by atoms with Crippen LogP contribution in [0.25, 0.3) is 10.9 Å². The van der Waals surface area contributed by atoms with Crippen LogP contribution in [-0.2, 0) is 16.0 Å². The van der Waals surface area contributed by atoms with E-state index in [4.69, 9.17) is 0 Å². The zero-order valence-electron chi connectivity index (χ0n) is 15.6. The number of nitrogens with one attached hydrogen (secondary N) is 1. The molecule has 7 heteroatoms. The molecule has 1 aliphatic heterocycles. The largest absolute Gasteiger partial charge is 0.481 e. The second-order valence-corrected chi connectivity index (χ2v) is 7.41. The van der Waals surface area contributed by atoms with Crippen molar-refractivity contribution in [3.8, 4) is 0 Å². The highest BCUT2D eigenvalue weighted by molar-refractivity contribution is 5.90. The standard InChI is InChI=1S/C20H25FN2O4/c1-3-6-20(19(26)27)7-8-23(11-17(20)24)18(25)10-14-12(2)22-16-5-4-13(21)9-15(14)16/h4-5,9,17,22,24H,3,6-8,10-11H2,1-2H3,(H,26,27)/t17-,20-/m0/s1. The van der Waals surface area contributed by atoms with E-state index >= 15 is 0 Å². The van der Waals surface area contributed by atoms with Gasteiger partial charge >= 0.3 is 5.97 Å². The molecule has 0 unspecified atom stereocenters. The number of hydrogen-bond donors (Lipinski definition) is 3. The molecule has 0 aliphatic carbocycles. The summed E-state index contributed by atoms with van der Waals surface area (Å²) in [7, 11) is 0. The molecular formula is C20H25FN2O4. The van der Waals surface area contributed by atoms with Crippen molar-refractivity contribution in [2.24, 2.45) is 5.41 Å². The Kier molecular flexibility index (Phi) is 5.24. The second-order valence-electron chi connectivity index (χ2n) is 7.41. The van der Waals surface area contributed by atoms with Crippen LogP contribution in [0.5, 0.6) is 0 Å². The number of benzene rings is 1. The maximum absolute atomic E-state index is 13.6. The Morgan fingerprint density at radius 3 is 2.78 bits per heavy atom. The van der Waals surface area contributed by atoms with Gasteiger partial charge in [0.05, 0.1) is 17.9 Å². The quantitative estimate of drug-likeness (QED) is 0.748. The molecule has 0 spiro atoms. The number of hydrogen-bond acceptors (Lipinski definition) is 3. The fourth-order valence-corrected chi connectivity index (χ4v) is 4.14. The number of fused-ring (bicyclic) bond motifs is 1. The summed E-state index contributed by atoms with van der Waals surface area (Å²) in [5.41, 5.74) is 1.11. The number of carboxylic acid groups (broad SMARTS) is 1. The van der Waals surface area contributed by atoms with Crippen molar-refractivity contribution in [3.63, 3.8) is 0 Å². The van der Waals surface area contributed by atoms with Gasteiger partial charge in [-0.3, -0.25) is 9.59 Å². The summed E-state index contributed by atoms with van der Waals surface area (Å²) in [6.45, 7) is 4.01. The third-order valence-electron chi connectivity index (χ3n) is 5.74. The number of β-amino-alcohol motifs (C(OH)–C–C–N with tert-alkyl or cyclic N) is 1. The van der Waals surface area contributed by atoms with Crippen molar-refractivity contribution in [1.82, 2.24) is 9.88 Å². The molecule has 1 aromatic carbocycles. The molecule has 3 rings (SSSR count). The maximum atomic E-state index is 13.6. The van der Waals surface area contributed by atoms with Gasteiger partial charge in [0.25, 0.3) is 0 Å². The molecule has 0 bridgehead atoms. The number of rotatable bonds is 5. The highest BCUT2D eigenvalue weighted by atomic mass is 19.1. The first-order valence-corrected chi connectivity index (χ1v) is 9.24. The summed E-state index contributed by atoms with van der Waals surface area (Å²) in [5, 5.41) is 20.8. The number of aromatic amines is 1. The highest BCUT2D eigenvalue weighted by Gasteiger charge is 2.48. The van der Waals surface area contributed by atoms with Crippen molar-refractivity contribution in [3.05, 3.63) is 35.3 Å². The number of carbonyl (C=O) groups excluding carboxylic acids is 1. The Morgan fingerprint density at radius 1 is 1.41 bits per heavy atom. The summed E-state index contributed by atoms with van der Waals surface area (Å²) in [6.07, 6.45) is 0.235. The minimum absolute atomic E-state index is 0.000890. The number of carboxylic acids is 1. The van der Waals surface area contributed by atoms with E-state index in [0.717, 1.165) is 16.8 Å². The first kappa shape index (κ1) is 19.4. The van der Waals surface area contributed by atoms with E-state index in [9.17, 15) is 24.2 Å². The minimum Gasteiger partial charge on any atom is -0.481 e. The Labute approximate surface area is 157 Å². The molecule has 6 nitrogen and oxygen atoms in total. The molecule has 2 atom stereocenters. The van der Waals surface area contributed by atoms with Crippen molar-refractivity contribution in [2.45, 2.75) is 45.6 Å². The van der Waals surface area contributed by atoms with Gasteiger partial charge in [0.1, 0.15) is 5.82 Å². The zero-order chi connectivity index (χ0) is 19.8. The molecule has 0 saturated carbocycles. The number of aliphatic hydroxyl groups excluding tert-OH is 1. The van der Waals surface area contributed by atoms with Crippen LogP contribution in [0.15, 0.2) is 18.2 Å². The van der Waals surface area contributed by atoms with Gasteiger partial charge in [-0.25, -0.2) is 4.39 Å². The third kappa shape index (κ3) is 3.43. The monoisotopic (exact) mass is 376 g/mol. The SMILES string of the molecule is CCC[C@]1(C(=O)O)CCN(C(=O)Cc2c(C)[nH]c3ccc(F)cc23)C[C@@H]1O. The number of piperidine rings is 1. The number of halogens is 1. The number of aliphatic carboxylic acids is 1. The van der Waals surface area contributed by atoms with Gasteiger partial charge < -0.3 is 20.1 Å². The van der Waals surface area contributed by atoms with E-state index in [1.165, 1.54) is 17.0 Å². The van der Waals surface area contributed by atoms with Gasteiger partial charge in [-0.05, 0) is 43.5 Å². The summed E-state index contributed by atoms with van der Waals surface area (Å²) in [4.78, 5) is 29.2. The van der Waals surface area contributed by atoms with Crippen molar-refractivity contribution in [2.75, 3.05) is 13.1 Å². The Balaban J connectivity index is 1.78. The summed E-state index contributed by atoms with van der Waals surface area (Å²) >= 11 is 0. The van der Waals surface area contributed by atoms with Crippen LogP contribution in [0.3, 0.4) is 0 Å². The molecule has 1 fully saturated rings. The van der Waals surface area contributed by atoms with Crippen LogP contribution in [0.4, 0.5) is 4.39 Å². The van der Waals surface area contributed by atoms with Crippen molar-refractivity contribution in [1.29, 1.82) is 0 Å². The van der Waals surface area contributed by atoms with Crippen LogP contribution in [0, 0.1) is 18.2 Å². The van der Waals surface area contributed by atoms with Gasteiger partial charge in [0, 0.05) is 29.7 Å². The molecule has 27 heavy (non-hydrogen) atoms. The number of likely N-dealkylation sites (tertiary alicyclic amines) is 1. The summed E-state index contributed by atoms with van der Waals surface area (Å²) in [5.74, 6) is -1.57. The van der Waals surface area contributed by atoms with Gasteiger partial charge in [-0.15, -0.1) is 0 Å². The predicted octanol–water partition coefficient (Wildman–Crippen LogP) is 2.62. The van der Waals surface area contributed by atoms with Gasteiger partial charge in [0.2, 0.25) is 5.91 Å². The number of nitrogens with zero attached hydrogens (tertiary/aromatic N) is 1. The van der Waals surface area contributed by atoms with E-state index in [0.29, 0.717) is 18.2 Å². The van der Waals surface area contributed by atoms with E-state index in [2.05, 4.69) is 4.98 Å². The molecular weight excluding hydrogens is 351 g/mol. The normalized spacial score (nSPS) is 23.0. The molecule has 1 aromatic heterocycles.